The van der Waals surface area contributed by atoms with Crippen LogP contribution in [0.5, 0.6) is 11.5 Å². The van der Waals surface area contributed by atoms with Crippen LogP contribution < -0.4 is 14.9 Å². The van der Waals surface area contributed by atoms with Crippen LogP contribution in [0.3, 0.4) is 0 Å². The average Bonchev–Trinajstić information content (AvgIpc) is 3.18. The molecular weight excluding hydrogens is 368 g/mol. The monoisotopic (exact) mass is 384 g/mol. The molecule has 8 heteroatoms. The summed E-state index contributed by atoms with van der Waals surface area (Å²) in [4.78, 5) is 12.3. The Morgan fingerprint density at radius 1 is 1.19 bits per heavy atom. The third-order valence-corrected chi connectivity index (χ3v) is 4.11. The molecule has 0 aliphatic carbocycles. The number of carbonyl (C=O) groups excluding carboxylic acids is 1. The highest BCUT2D eigenvalue weighted by molar-refractivity contribution is 6.33. The summed E-state index contributed by atoms with van der Waals surface area (Å²) in [7, 11) is 3.12. The third-order valence-electron chi connectivity index (χ3n) is 3.78. The Hall–Kier alpha value is -3.32. The summed E-state index contributed by atoms with van der Waals surface area (Å²) in [6, 6.07) is 14.2. The molecule has 0 aliphatic rings. The molecule has 2 N–H and O–H groups in total. The zero-order valence-corrected chi connectivity index (χ0v) is 15.4. The minimum Gasteiger partial charge on any atom is -0.497 e. The molecular formula is C19H17ClN4O3. The molecule has 0 bridgehead atoms. The molecule has 0 unspecified atom stereocenters. The molecule has 2 aromatic carbocycles. The van der Waals surface area contributed by atoms with Crippen LogP contribution in [0.2, 0.25) is 5.02 Å². The smallest absolute Gasteiger partial charge is 0.289 e. The van der Waals surface area contributed by atoms with E-state index in [2.05, 4.69) is 20.7 Å². The van der Waals surface area contributed by atoms with E-state index in [0.29, 0.717) is 27.8 Å². The minimum atomic E-state index is -0.432. The van der Waals surface area contributed by atoms with Crippen LogP contribution in [0.25, 0.3) is 11.3 Å². The van der Waals surface area contributed by atoms with Gasteiger partial charge in [0.25, 0.3) is 5.91 Å². The van der Waals surface area contributed by atoms with Crippen molar-refractivity contribution in [2.45, 2.75) is 0 Å². The Balaban J connectivity index is 1.72. The topological polar surface area (TPSA) is 88.6 Å². The van der Waals surface area contributed by atoms with E-state index in [1.807, 2.05) is 18.2 Å². The highest BCUT2D eigenvalue weighted by atomic mass is 35.5. The number of aromatic amines is 1. The summed E-state index contributed by atoms with van der Waals surface area (Å²) in [5.41, 5.74) is 4.68. The van der Waals surface area contributed by atoms with Crippen molar-refractivity contribution in [3.63, 3.8) is 0 Å². The Bertz CT molecular complexity index is 985. The van der Waals surface area contributed by atoms with Crippen LogP contribution >= 0.6 is 11.6 Å². The molecule has 3 aromatic rings. The number of benzene rings is 2. The van der Waals surface area contributed by atoms with Crippen LogP contribution in [0, 0.1) is 0 Å². The van der Waals surface area contributed by atoms with Crippen molar-refractivity contribution < 1.29 is 14.3 Å². The number of hydrogen-bond donors (Lipinski definition) is 2. The van der Waals surface area contributed by atoms with E-state index in [9.17, 15) is 4.79 Å². The number of aromatic nitrogens is 2. The third kappa shape index (κ3) is 4.27. The molecule has 7 nitrogen and oxygen atoms in total. The summed E-state index contributed by atoms with van der Waals surface area (Å²) >= 11 is 6.15. The lowest BCUT2D eigenvalue weighted by Gasteiger charge is -2.06. The number of amides is 1. The predicted octanol–water partition coefficient (Wildman–Crippen LogP) is 3.51. The van der Waals surface area contributed by atoms with Gasteiger partial charge in [-0.3, -0.25) is 9.89 Å². The van der Waals surface area contributed by atoms with E-state index in [4.69, 9.17) is 21.1 Å². The Kier molecular flexibility index (Phi) is 5.73. The van der Waals surface area contributed by atoms with E-state index >= 15 is 0 Å². The molecule has 1 amide bonds. The first-order valence-corrected chi connectivity index (χ1v) is 8.36. The second-order valence-corrected chi connectivity index (χ2v) is 5.86. The van der Waals surface area contributed by atoms with Gasteiger partial charge in [-0.15, -0.1) is 0 Å². The Labute approximate surface area is 161 Å². The molecule has 0 radical (unpaired) electrons. The number of nitrogens with zero attached hydrogens (tertiary/aromatic N) is 2. The molecule has 1 heterocycles. The molecule has 27 heavy (non-hydrogen) atoms. The van der Waals surface area contributed by atoms with E-state index in [0.717, 1.165) is 5.56 Å². The van der Waals surface area contributed by atoms with Crippen LogP contribution in [-0.2, 0) is 0 Å². The summed E-state index contributed by atoms with van der Waals surface area (Å²) in [6.45, 7) is 0. The second kappa shape index (κ2) is 8.37. The molecule has 0 saturated heterocycles. The first-order valence-electron chi connectivity index (χ1n) is 7.98. The fourth-order valence-electron chi connectivity index (χ4n) is 2.41. The maximum atomic E-state index is 12.3. The number of ether oxygens (including phenoxy) is 2. The quantitative estimate of drug-likeness (QED) is 0.502. The van der Waals surface area contributed by atoms with Crippen molar-refractivity contribution >= 4 is 23.7 Å². The van der Waals surface area contributed by atoms with Gasteiger partial charge in [0.2, 0.25) is 0 Å². The normalized spacial score (nSPS) is 10.8. The molecule has 3 rings (SSSR count). The van der Waals surface area contributed by atoms with Crippen molar-refractivity contribution in [3.8, 4) is 22.8 Å². The first-order chi connectivity index (χ1) is 13.1. The van der Waals surface area contributed by atoms with E-state index in [-0.39, 0.29) is 5.69 Å². The summed E-state index contributed by atoms with van der Waals surface area (Å²) < 4.78 is 10.4. The highest BCUT2D eigenvalue weighted by Crippen LogP contribution is 2.26. The van der Waals surface area contributed by atoms with E-state index in [1.54, 1.807) is 44.6 Å². The average molecular weight is 385 g/mol. The summed E-state index contributed by atoms with van der Waals surface area (Å²) in [6.07, 6.45) is 1.48. The second-order valence-electron chi connectivity index (χ2n) is 5.45. The van der Waals surface area contributed by atoms with Crippen molar-refractivity contribution in [2.75, 3.05) is 14.2 Å². The van der Waals surface area contributed by atoms with Crippen LogP contribution in [0.4, 0.5) is 0 Å². The van der Waals surface area contributed by atoms with Gasteiger partial charge in [-0.2, -0.15) is 10.2 Å². The molecule has 0 spiro atoms. The van der Waals surface area contributed by atoms with Crippen LogP contribution in [0.15, 0.2) is 53.6 Å². The number of hydrazone groups is 1. The fourth-order valence-corrected chi connectivity index (χ4v) is 2.64. The van der Waals surface area contributed by atoms with Gasteiger partial charge >= 0.3 is 0 Å². The van der Waals surface area contributed by atoms with Crippen molar-refractivity contribution in [1.29, 1.82) is 0 Å². The standard InChI is InChI=1S/C19H17ClN4O3/c1-26-13-7-8-18(27-2)12(9-13)11-21-24-19(25)17-10-16(22-23-17)14-5-3-4-6-15(14)20/h3-11H,1-2H3,(H,22,23)(H,24,25)/b21-11-. The number of carbonyl (C=O) groups is 1. The summed E-state index contributed by atoms with van der Waals surface area (Å²) in [5, 5.41) is 11.3. The number of methoxy groups -OCH3 is 2. The maximum absolute atomic E-state index is 12.3. The van der Waals surface area contributed by atoms with Gasteiger partial charge < -0.3 is 9.47 Å². The van der Waals surface area contributed by atoms with Gasteiger partial charge in [0, 0.05) is 11.1 Å². The lowest BCUT2D eigenvalue weighted by molar-refractivity contribution is 0.0950. The molecule has 0 saturated carbocycles. The van der Waals surface area contributed by atoms with Crippen molar-refractivity contribution in [3.05, 3.63) is 64.8 Å². The number of rotatable bonds is 6. The number of nitrogens with one attached hydrogen (secondary N) is 2. The van der Waals surface area contributed by atoms with Crippen molar-refractivity contribution in [1.82, 2.24) is 15.6 Å². The zero-order valence-electron chi connectivity index (χ0n) is 14.7. The lowest BCUT2D eigenvalue weighted by atomic mass is 10.1. The van der Waals surface area contributed by atoms with Crippen LogP contribution in [-0.4, -0.2) is 36.5 Å². The predicted molar refractivity (Wildman–Crippen MR) is 104 cm³/mol. The van der Waals surface area contributed by atoms with E-state index < -0.39 is 5.91 Å². The number of hydrogen-bond acceptors (Lipinski definition) is 5. The number of H-pyrrole nitrogens is 1. The molecule has 0 aliphatic heterocycles. The lowest BCUT2D eigenvalue weighted by Crippen LogP contribution is -2.18. The summed E-state index contributed by atoms with van der Waals surface area (Å²) in [5.74, 6) is 0.830. The SMILES string of the molecule is COc1ccc(OC)c(/C=N\NC(=O)c2cc(-c3ccccc3Cl)n[nH]2)c1. The Morgan fingerprint density at radius 2 is 2.00 bits per heavy atom. The maximum Gasteiger partial charge on any atom is 0.289 e. The largest absolute Gasteiger partial charge is 0.497 e. The fraction of sp³-hybridized carbons (Fsp3) is 0.105. The van der Waals surface area contributed by atoms with Gasteiger partial charge in [0.15, 0.2) is 0 Å². The molecule has 0 atom stereocenters. The van der Waals surface area contributed by atoms with Crippen molar-refractivity contribution in [2.24, 2.45) is 5.10 Å². The van der Waals surface area contributed by atoms with Gasteiger partial charge in [-0.1, -0.05) is 29.8 Å². The van der Waals surface area contributed by atoms with Crippen LogP contribution in [0.1, 0.15) is 16.1 Å². The van der Waals surface area contributed by atoms with Gasteiger partial charge in [-0.05, 0) is 30.3 Å². The highest BCUT2D eigenvalue weighted by Gasteiger charge is 2.12. The van der Waals surface area contributed by atoms with Gasteiger partial charge in [-0.25, -0.2) is 5.43 Å². The zero-order chi connectivity index (χ0) is 19.2. The number of halogens is 1. The molecule has 0 fully saturated rings. The minimum absolute atomic E-state index is 0.264. The van der Waals surface area contributed by atoms with Gasteiger partial charge in [0.05, 0.1) is 31.2 Å². The molecule has 138 valence electrons. The Morgan fingerprint density at radius 3 is 2.74 bits per heavy atom. The first kappa shape index (κ1) is 18.5. The van der Waals surface area contributed by atoms with E-state index in [1.165, 1.54) is 6.21 Å². The van der Waals surface area contributed by atoms with Gasteiger partial charge in [0.1, 0.15) is 17.2 Å². The molecule has 1 aromatic heterocycles.